The summed E-state index contributed by atoms with van der Waals surface area (Å²) in [5, 5.41) is 4.02. The summed E-state index contributed by atoms with van der Waals surface area (Å²) in [7, 11) is 1.54. The van der Waals surface area contributed by atoms with Gasteiger partial charge in [-0.05, 0) is 61.7 Å². The Morgan fingerprint density at radius 1 is 1.12 bits per heavy atom. The van der Waals surface area contributed by atoms with Crippen LogP contribution < -0.4 is 10.1 Å². The highest BCUT2D eigenvalue weighted by atomic mass is 35.5. The number of nitrogens with zero attached hydrogens (tertiary/aromatic N) is 2. The molecule has 0 radical (unpaired) electrons. The smallest absolute Gasteiger partial charge is 0.317 e. The van der Waals surface area contributed by atoms with Crippen LogP contribution in [0.2, 0.25) is 10.0 Å². The molecule has 4 rings (SSSR count). The highest BCUT2D eigenvalue weighted by Crippen LogP contribution is 2.39. The molecule has 2 fully saturated rings. The molecular weight excluding hydrogens is 452 g/mol. The number of halogens is 3. The van der Waals surface area contributed by atoms with E-state index in [0.717, 1.165) is 57.5 Å². The van der Waals surface area contributed by atoms with Crippen LogP contribution >= 0.6 is 23.2 Å². The SMILES string of the molecule is COc1ccc(F)c(CNC(=O)N2CCCC3(CCN(Cc4ccc(Cl)c(Cl)c4)C3)C2)c1. The Morgan fingerprint density at radius 3 is 2.75 bits per heavy atom. The predicted molar refractivity (Wildman–Crippen MR) is 125 cm³/mol. The minimum Gasteiger partial charge on any atom is -0.497 e. The second-order valence-electron chi connectivity index (χ2n) is 8.85. The molecule has 0 aromatic heterocycles. The fourth-order valence-corrected chi connectivity index (χ4v) is 5.19. The van der Waals surface area contributed by atoms with E-state index in [-0.39, 0.29) is 23.8 Å². The minimum atomic E-state index is -0.352. The largest absolute Gasteiger partial charge is 0.497 e. The van der Waals surface area contributed by atoms with Gasteiger partial charge in [-0.1, -0.05) is 29.3 Å². The molecule has 1 unspecified atom stereocenters. The Balaban J connectivity index is 1.33. The molecule has 2 aliphatic heterocycles. The van der Waals surface area contributed by atoms with Crippen molar-refractivity contribution in [2.45, 2.75) is 32.4 Å². The van der Waals surface area contributed by atoms with Gasteiger partial charge in [0.2, 0.25) is 0 Å². The van der Waals surface area contributed by atoms with Crippen molar-refractivity contribution in [2.75, 3.05) is 33.3 Å². The first kappa shape index (κ1) is 23.1. The van der Waals surface area contributed by atoms with E-state index in [1.54, 1.807) is 12.1 Å². The van der Waals surface area contributed by atoms with Crippen LogP contribution in [0.1, 0.15) is 30.4 Å². The normalized spacial score (nSPS) is 21.2. The number of hydrogen-bond donors (Lipinski definition) is 1. The van der Waals surface area contributed by atoms with Gasteiger partial charge >= 0.3 is 6.03 Å². The lowest BCUT2D eigenvalue weighted by atomic mass is 9.79. The maximum absolute atomic E-state index is 14.1. The summed E-state index contributed by atoms with van der Waals surface area (Å²) < 4.78 is 19.2. The monoisotopic (exact) mass is 479 g/mol. The second kappa shape index (κ2) is 9.86. The number of likely N-dealkylation sites (tertiary alicyclic amines) is 2. The number of nitrogens with one attached hydrogen (secondary N) is 1. The zero-order valence-corrected chi connectivity index (χ0v) is 19.7. The van der Waals surface area contributed by atoms with Gasteiger partial charge in [0.1, 0.15) is 11.6 Å². The van der Waals surface area contributed by atoms with E-state index in [1.807, 2.05) is 23.1 Å². The van der Waals surface area contributed by atoms with Crippen LogP contribution in [0.25, 0.3) is 0 Å². The van der Waals surface area contributed by atoms with E-state index < -0.39 is 0 Å². The summed E-state index contributed by atoms with van der Waals surface area (Å²) in [5.41, 5.74) is 1.66. The molecule has 1 spiro atoms. The lowest BCUT2D eigenvalue weighted by Crippen LogP contribution is -2.50. The van der Waals surface area contributed by atoms with Crippen LogP contribution in [0.15, 0.2) is 36.4 Å². The predicted octanol–water partition coefficient (Wildman–Crippen LogP) is 5.34. The molecule has 2 aromatic carbocycles. The van der Waals surface area contributed by atoms with Crippen LogP contribution in [0, 0.1) is 11.2 Å². The van der Waals surface area contributed by atoms with E-state index in [1.165, 1.54) is 13.2 Å². The summed E-state index contributed by atoms with van der Waals surface area (Å²) in [5.74, 6) is 0.218. The molecule has 32 heavy (non-hydrogen) atoms. The van der Waals surface area contributed by atoms with Gasteiger partial charge in [-0.2, -0.15) is 0 Å². The third-order valence-electron chi connectivity index (χ3n) is 6.54. The molecule has 5 nitrogen and oxygen atoms in total. The topological polar surface area (TPSA) is 44.8 Å². The van der Waals surface area contributed by atoms with Gasteiger partial charge in [0.15, 0.2) is 0 Å². The van der Waals surface area contributed by atoms with Crippen LogP contribution in [-0.2, 0) is 13.1 Å². The van der Waals surface area contributed by atoms with Crippen LogP contribution in [0.3, 0.4) is 0 Å². The number of ether oxygens (including phenoxy) is 1. The van der Waals surface area contributed by atoms with Crippen LogP contribution in [-0.4, -0.2) is 49.1 Å². The molecule has 1 N–H and O–H groups in total. The summed E-state index contributed by atoms with van der Waals surface area (Å²) in [6.07, 6.45) is 3.14. The standard InChI is InChI=1S/C24H28Cl2FN3O2/c1-32-19-4-6-22(27)18(12-19)13-28-23(31)30-9-2-7-24(16-30)8-10-29(15-24)14-17-3-5-20(25)21(26)11-17/h3-6,11-12H,2,7-10,13-16H2,1H3,(H,28,31). The molecule has 2 heterocycles. The number of methoxy groups -OCH3 is 1. The van der Waals surface area contributed by atoms with Gasteiger partial charge in [0.05, 0.1) is 17.2 Å². The number of urea groups is 1. The van der Waals surface area contributed by atoms with Crippen molar-refractivity contribution in [1.29, 1.82) is 0 Å². The lowest BCUT2D eigenvalue weighted by molar-refractivity contribution is 0.107. The summed E-state index contributed by atoms with van der Waals surface area (Å²) in [4.78, 5) is 17.1. The number of hydrogen-bond acceptors (Lipinski definition) is 3. The van der Waals surface area contributed by atoms with E-state index in [4.69, 9.17) is 27.9 Å². The fraction of sp³-hybridized carbons (Fsp3) is 0.458. The maximum atomic E-state index is 14.1. The second-order valence-corrected chi connectivity index (χ2v) is 9.66. The minimum absolute atomic E-state index is 0.104. The van der Waals surface area contributed by atoms with Gasteiger partial charge in [0, 0.05) is 43.7 Å². The molecule has 1 atom stereocenters. The first-order chi connectivity index (χ1) is 15.4. The van der Waals surface area contributed by atoms with Crippen molar-refractivity contribution in [3.63, 3.8) is 0 Å². The molecule has 8 heteroatoms. The Bertz CT molecular complexity index is 990. The molecular formula is C24H28Cl2FN3O2. The third-order valence-corrected chi connectivity index (χ3v) is 7.28. The summed E-state index contributed by atoms with van der Waals surface area (Å²) in [6.45, 7) is 4.33. The van der Waals surface area contributed by atoms with Crippen molar-refractivity contribution in [3.8, 4) is 5.75 Å². The maximum Gasteiger partial charge on any atom is 0.317 e. The Labute approximate surface area is 198 Å². The fourth-order valence-electron chi connectivity index (χ4n) is 4.87. The van der Waals surface area contributed by atoms with Crippen molar-refractivity contribution < 1.29 is 13.9 Å². The lowest BCUT2D eigenvalue weighted by Gasteiger charge is -2.40. The Kier molecular flexibility index (Phi) is 7.13. The average Bonchev–Trinajstić information content (AvgIpc) is 3.16. The van der Waals surface area contributed by atoms with Crippen molar-refractivity contribution in [1.82, 2.24) is 15.1 Å². The first-order valence-electron chi connectivity index (χ1n) is 10.9. The number of amides is 2. The van der Waals surface area contributed by atoms with E-state index >= 15 is 0 Å². The molecule has 2 amide bonds. The molecule has 2 saturated heterocycles. The molecule has 0 aliphatic carbocycles. The molecule has 2 aromatic rings. The molecule has 0 bridgehead atoms. The summed E-state index contributed by atoms with van der Waals surface area (Å²) >= 11 is 12.2. The molecule has 172 valence electrons. The van der Waals surface area contributed by atoms with Gasteiger partial charge < -0.3 is 15.0 Å². The van der Waals surface area contributed by atoms with Gasteiger partial charge in [-0.15, -0.1) is 0 Å². The zero-order chi connectivity index (χ0) is 22.7. The first-order valence-corrected chi connectivity index (χ1v) is 11.6. The highest BCUT2D eigenvalue weighted by molar-refractivity contribution is 6.42. The Morgan fingerprint density at radius 2 is 1.97 bits per heavy atom. The third kappa shape index (κ3) is 5.30. The summed E-state index contributed by atoms with van der Waals surface area (Å²) in [6, 6.07) is 10.2. The number of carbonyl (C=O) groups is 1. The van der Waals surface area contributed by atoms with E-state index in [0.29, 0.717) is 21.4 Å². The molecule has 2 aliphatic rings. The number of rotatable bonds is 5. The van der Waals surface area contributed by atoms with E-state index in [9.17, 15) is 9.18 Å². The highest BCUT2D eigenvalue weighted by Gasteiger charge is 2.42. The average molecular weight is 480 g/mol. The zero-order valence-electron chi connectivity index (χ0n) is 18.2. The quantitative estimate of drug-likeness (QED) is 0.629. The number of piperidine rings is 1. The van der Waals surface area contributed by atoms with Gasteiger partial charge in [0.25, 0.3) is 0 Å². The van der Waals surface area contributed by atoms with Crippen LogP contribution in [0.4, 0.5) is 9.18 Å². The Hall–Kier alpha value is -2.02. The van der Waals surface area contributed by atoms with Crippen molar-refractivity contribution in [3.05, 3.63) is 63.4 Å². The van der Waals surface area contributed by atoms with E-state index in [2.05, 4.69) is 10.2 Å². The molecule has 0 saturated carbocycles. The van der Waals surface area contributed by atoms with Crippen molar-refractivity contribution >= 4 is 29.2 Å². The van der Waals surface area contributed by atoms with Gasteiger partial charge in [-0.3, -0.25) is 4.90 Å². The van der Waals surface area contributed by atoms with Crippen LogP contribution in [0.5, 0.6) is 5.75 Å². The van der Waals surface area contributed by atoms with Crippen molar-refractivity contribution in [2.24, 2.45) is 5.41 Å². The number of carbonyl (C=O) groups excluding carboxylic acids is 1. The number of benzene rings is 2. The van der Waals surface area contributed by atoms with Gasteiger partial charge in [-0.25, -0.2) is 9.18 Å².